The van der Waals surface area contributed by atoms with Gasteiger partial charge in [-0.2, -0.15) is 0 Å². The highest BCUT2D eigenvalue weighted by molar-refractivity contribution is 5.30. The number of ether oxygens (including phenoxy) is 1. The average molecular weight is 343 g/mol. The zero-order chi connectivity index (χ0) is 17.8. The number of nitrogens with zero attached hydrogens (tertiary/aromatic N) is 2. The van der Waals surface area contributed by atoms with Gasteiger partial charge in [0.05, 0.1) is 19.0 Å². The first-order chi connectivity index (χ1) is 12.1. The number of hydrogen-bond acceptors (Lipinski definition) is 4. The highest BCUT2D eigenvalue weighted by Gasteiger charge is 2.33. The third kappa shape index (κ3) is 4.17. The lowest BCUT2D eigenvalue weighted by atomic mass is 9.93. The van der Waals surface area contributed by atoms with Gasteiger partial charge in [0.1, 0.15) is 11.6 Å². The second-order valence-corrected chi connectivity index (χ2v) is 6.78. The van der Waals surface area contributed by atoms with Crippen molar-refractivity contribution in [2.45, 2.75) is 25.4 Å². The van der Waals surface area contributed by atoms with E-state index in [4.69, 9.17) is 4.74 Å². The number of hydrogen-bond donors (Lipinski definition) is 1. The SMILES string of the molecule is COc1ccc(C2C(CNC(C)c3ccc(F)cn3)CCN2C)cc1. The molecule has 0 aliphatic carbocycles. The Kier molecular flexibility index (Phi) is 5.66. The van der Waals surface area contributed by atoms with Crippen LogP contribution in [-0.4, -0.2) is 37.1 Å². The van der Waals surface area contributed by atoms with Crippen LogP contribution in [-0.2, 0) is 0 Å². The molecule has 1 aliphatic heterocycles. The molecule has 3 atom stereocenters. The Morgan fingerprint density at radius 1 is 1.28 bits per heavy atom. The van der Waals surface area contributed by atoms with Crippen molar-refractivity contribution < 1.29 is 9.13 Å². The van der Waals surface area contributed by atoms with Gasteiger partial charge in [0.15, 0.2) is 0 Å². The monoisotopic (exact) mass is 343 g/mol. The molecule has 134 valence electrons. The largest absolute Gasteiger partial charge is 0.497 e. The number of nitrogens with one attached hydrogen (secondary N) is 1. The molecule has 0 amide bonds. The third-order valence-corrected chi connectivity index (χ3v) is 5.11. The summed E-state index contributed by atoms with van der Waals surface area (Å²) in [4.78, 5) is 6.58. The first-order valence-corrected chi connectivity index (χ1v) is 8.77. The number of rotatable bonds is 6. The molecule has 0 spiro atoms. The van der Waals surface area contributed by atoms with Crippen molar-refractivity contribution in [2.75, 3.05) is 27.2 Å². The molecule has 2 aromatic rings. The standard InChI is InChI=1S/C20H26FN3O/c1-14(19-9-6-17(21)13-23-19)22-12-16-10-11-24(2)20(16)15-4-7-18(25-3)8-5-15/h4-9,13-14,16,20,22H,10-12H2,1-3H3. The van der Waals surface area contributed by atoms with Gasteiger partial charge in [0, 0.05) is 18.6 Å². The van der Waals surface area contributed by atoms with Crippen molar-refractivity contribution >= 4 is 0 Å². The van der Waals surface area contributed by atoms with Crippen molar-refractivity contribution in [1.29, 1.82) is 0 Å². The molecule has 2 heterocycles. The van der Waals surface area contributed by atoms with E-state index in [9.17, 15) is 4.39 Å². The van der Waals surface area contributed by atoms with Crippen molar-refractivity contribution in [2.24, 2.45) is 5.92 Å². The Morgan fingerprint density at radius 2 is 2.04 bits per heavy atom. The first kappa shape index (κ1) is 17.8. The fourth-order valence-corrected chi connectivity index (χ4v) is 3.64. The van der Waals surface area contributed by atoms with E-state index in [0.717, 1.165) is 31.0 Å². The fraction of sp³-hybridized carbons (Fsp3) is 0.450. The molecule has 0 radical (unpaired) electrons. The van der Waals surface area contributed by atoms with Gasteiger partial charge in [0.2, 0.25) is 0 Å². The number of likely N-dealkylation sites (tertiary alicyclic amines) is 1. The minimum Gasteiger partial charge on any atom is -0.497 e. The molecule has 1 aromatic carbocycles. The number of benzene rings is 1. The normalized spacial score (nSPS) is 22.1. The highest BCUT2D eigenvalue weighted by Crippen LogP contribution is 2.36. The molecule has 5 heteroatoms. The van der Waals surface area contributed by atoms with Crippen LogP contribution in [0.2, 0.25) is 0 Å². The van der Waals surface area contributed by atoms with Gasteiger partial charge in [0.25, 0.3) is 0 Å². The molecule has 1 saturated heterocycles. The smallest absolute Gasteiger partial charge is 0.141 e. The number of pyridine rings is 1. The van der Waals surface area contributed by atoms with E-state index in [1.807, 2.05) is 12.1 Å². The van der Waals surface area contributed by atoms with Crippen LogP contribution in [0.5, 0.6) is 5.75 Å². The van der Waals surface area contributed by atoms with Crippen LogP contribution in [0, 0.1) is 11.7 Å². The Labute approximate surface area is 149 Å². The van der Waals surface area contributed by atoms with Crippen LogP contribution in [0.3, 0.4) is 0 Å². The topological polar surface area (TPSA) is 37.4 Å². The summed E-state index contributed by atoms with van der Waals surface area (Å²) in [5.74, 6) is 1.12. The van der Waals surface area contributed by atoms with Gasteiger partial charge in [-0.15, -0.1) is 0 Å². The molecule has 1 fully saturated rings. The molecule has 1 aromatic heterocycles. The van der Waals surface area contributed by atoms with Crippen LogP contribution >= 0.6 is 0 Å². The summed E-state index contributed by atoms with van der Waals surface area (Å²) in [6, 6.07) is 12.1. The second kappa shape index (κ2) is 7.93. The van der Waals surface area contributed by atoms with Crippen LogP contribution < -0.4 is 10.1 Å². The maximum atomic E-state index is 13.0. The lowest BCUT2D eigenvalue weighted by molar-refractivity contribution is 0.268. The molecular weight excluding hydrogens is 317 g/mol. The Hall–Kier alpha value is -1.98. The van der Waals surface area contributed by atoms with Gasteiger partial charge in [-0.3, -0.25) is 9.88 Å². The zero-order valence-corrected chi connectivity index (χ0v) is 15.1. The molecule has 25 heavy (non-hydrogen) atoms. The van der Waals surface area contributed by atoms with E-state index >= 15 is 0 Å². The lowest BCUT2D eigenvalue weighted by Crippen LogP contribution is -2.30. The van der Waals surface area contributed by atoms with Crippen molar-refractivity contribution in [3.05, 3.63) is 59.7 Å². The summed E-state index contributed by atoms with van der Waals surface area (Å²) in [5.41, 5.74) is 2.19. The van der Waals surface area contributed by atoms with E-state index in [2.05, 4.69) is 41.3 Å². The minimum absolute atomic E-state index is 0.100. The molecule has 3 rings (SSSR count). The molecule has 3 unspecified atom stereocenters. The Morgan fingerprint density at radius 3 is 2.68 bits per heavy atom. The van der Waals surface area contributed by atoms with Crippen molar-refractivity contribution in [3.8, 4) is 5.75 Å². The van der Waals surface area contributed by atoms with E-state index in [-0.39, 0.29) is 11.9 Å². The van der Waals surface area contributed by atoms with Gasteiger partial charge in [-0.25, -0.2) is 4.39 Å². The molecule has 0 saturated carbocycles. The molecule has 1 N–H and O–H groups in total. The van der Waals surface area contributed by atoms with Gasteiger partial charge < -0.3 is 10.1 Å². The first-order valence-electron chi connectivity index (χ1n) is 8.77. The summed E-state index contributed by atoms with van der Waals surface area (Å²) in [5, 5.41) is 3.57. The van der Waals surface area contributed by atoms with Crippen LogP contribution in [0.25, 0.3) is 0 Å². The predicted octanol–water partition coefficient (Wildman–Crippen LogP) is 3.57. The summed E-state index contributed by atoms with van der Waals surface area (Å²) >= 11 is 0. The van der Waals surface area contributed by atoms with Gasteiger partial charge in [-0.1, -0.05) is 12.1 Å². The lowest BCUT2D eigenvalue weighted by Gasteiger charge is -2.27. The number of aromatic nitrogens is 1. The van der Waals surface area contributed by atoms with E-state index in [1.54, 1.807) is 13.2 Å². The quantitative estimate of drug-likeness (QED) is 0.870. The van der Waals surface area contributed by atoms with E-state index in [0.29, 0.717) is 12.0 Å². The maximum absolute atomic E-state index is 13.0. The van der Waals surface area contributed by atoms with E-state index < -0.39 is 0 Å². The Bertz CT molecular complexity index is 674. The molecule has 4 nitrogen and oxygen atoms in total. The summed E-state index contributed by atoms with van der Waals surface area (Å²) < 4.78 is 18.3. The zero-order valence-electron chi connectivity index (χ0n) is 15.1. The molecule has 1 aliphatic rings. The Balaban J connectivity index is 1.65. The summed E-state index contributed by atoms with van der Waals surface area (Å²) in [6.07, 6.45) is 2.43. The summed E-state index contributed by atoms with van der Waals surface area (Å²) in [6.45, 7) is 4.06. The van der Waals surface area contributed by atoms with Crippen LogP contribution in [0.15, 0.2) is 42.6 Å². The van der Waals surface area contributed by atoms with Crippen LogP contribution in [0.1, 0.15) is 36.7 Å². The number of halogens is 1. The fourth-order valence-electron chi connectivity index (χ4n) is 3.64. The van der Waals surface area contributed by atoms with Gasteiger partial charge >= 0.3 is 0 Å². The number of methoxy groups -OCH3 is 1. The summed E-state index contributed by atoms with van der Waals surface area (Å²) in [7, 11) is 3.87. The predicted molar refractivity (Wildman–Crippen MR) is 97.1 cm³/mol. The van der Waals surface area contributed by atoms with Crippen molar-refractivity contribution in [3.63, 3.8) is 0 Å². The second-order valence-electron chi connectivity index (χ2n) is 6.78. The van der Waals surface area contributed by atoms with Crippen molar-refractivity contribution in [1.82, 2.24) is 15.2 Å². The van der Waals surface area contributed by atoms with E-state index in [1.165, 1.54) is 17.8 Å². The molecule has 0 bridgehead atoms. The third-order valence-electron chi connectivity index (χ3n) is 5.11. The average Bonchev–Trinajstić information content (AvgIpc) is 3.01. The highest BCUT2D eigenvalue weighted by atomic mass is 19.1. The minimum atomic E-state index is -0.298. The van der Waals surface area contributed by atoms with Crippen LogP contribution in [0.4, 0.5) is 4.39 Å². The molecular formula is C20H26FN3O. The maximum Gasteiger partial charge on any atom is 0.141 e. The van der Waals surface area contributed by atoms with Gasteiger partial charge in [-0.05, 0) is 62.7 Å².